The SMILES string of the molecule is CNC(=O)CCC(C=O)N1C(=O)c2cccc3c(C4CCN(C(=O)Nc5cccc(CS(=O)N6C(C)(C)CC(Nc7cccc(-c8sc(C(=O)O)c(OCC(=O)O)c8Cl)c7)CC6(C)C)c5)CC4)ccc1c23. The van der Waals surface area contributed by atoms with Gasteiger partial charge in [0.15, 0.2) is 17.2 Å². The fourth-order valence-electron chi connectivity index (χ4n) is 10.8. The topological polar surface area (TPSA) is 215 Å². The van der Waals surface area contributed by atoms with Gasteiger partial charge < -0.3 is 40.6 Å². The maximum Gasteiger partial charge on any atom is 0.349 e. The highest BCUT2D eigenvalue weighted by molar-refractivity contribution is 7.81. The molecule has 19 heteroatoms. The Morgan fingerprint density at radius 3 is 2.31 bits per heavy atom. The monoisotopic (exact) mass is 1020 g/mol. The van der Waals surface area contributed by atoms with Crippen molar-refractivity contribution in [3.05, 3.63) is 105 Å². The molecule has 16 nitrogen and oxygen atoms in total. The van der Waals surface area contributed by atoms with Gasteiger partial charge in [0, 0.05) is 66.0 Å². The van der Waals surface area contributed by atoms with Crippen molar-refractivity contribution in [2.75, 3.05) is 42.3 Å². The lowest BCUT2D eigenvalue weighted by molar-refractivity contribution is -0.139. The lowest BCUT2D eigenvalue weighted by atomic mass is 9.79. The van der Waals surface area contributed by atoms with Gasteiger partial charge in [0.05, 0.1) is 33.3 Å². The van der Waals surface area contributed by atoms with E-state index < -0.39 is 46.7 Å². The van der Waals surface area contributed by atoms with E-state index in [2.05, 4.69) is 48.0 Å². The third-order valence-electron chi connectivity index (χ3n) is 13.5. The van der Waals surface area contributed by atoms with Crippen molar-refractivity contribution in [3.8, 4) is 16.2 Å². The molecule has 374 valence electrons. The van der Waals surface area contributed by atoms with Crippen LogP contribution in [0.3, 0.4) is 0 Å². The molecule has 2 fully saturated rings. The summed E-state index contributed by atoms with van der Waals surface area (Å²) in [4.78, 5) is 78.2. The van der Waals surface area contributed by atoms with E-state index in [9.17, 15) is 38.1 Å². The zero-order valence-corrected chi connectivity index (χ0v) is 42.5. The summed E-state index contributed by atoms with van der Waals surface area (Å²) in [6, 6.07) is 23.4. The Balaban J connectivity index is 0.878. The molecule has 0 bridgehead atoms. The largest absolute Gasteiger partial charge is 0.479 e. The number of hydrogen-bond acceptors (Lipinski definition) is 10. The summed E-state index contributed by atoms with van der Waals surface area (Å²) < 4.78 is 21.8. The van der Waals surface area contributed by atoms with Gasteiger partial charge in [-0.25, -0.2) is 22.9 Å². The van der Waals surface area contributed by atoms with Crippen LogP contribution in [0.2, 0.25) is 5.02 Å². The van der Waals surface area contributed by atoms with Gasteiger partial charge in [-0.2, -0.15) is 0 Å². The number of benzene rings is 4. The van der Waals surface area contributed by atoms with Crippen molar-refractivity contribution >= 4 is 97.8 Å². The van der Waals surface area contributed by atoms with Crippen molar-refractivity contribution in [2.45, 2.75) is 101 Å². The molecule has 8 rings (SSSR count). The third-order valence-corrected chi connectivity index (χ3v) is 17.2. The summed E-state index contributed by atoms with van der Waals surface area (Å²) >= 11 is 7.49. The summed E-state index contributed by atoms with van der Waals surface area (Å²) in [5, 5.41) is 29.9. The summed E-state index contributed by atoms with van der Waals surface area (Å²) in [6.45, 7) is 8.62. The average Bonchev–Trinajstić information content (AvgIpc) is 3.81. The first kappa shape index (κ1) is 51.0. The fraction of sp³-hybridized carbons (Fsp3) is 0.385. The second kappa shape index (κ2) is 20.8. The second-order valence-corrected chi connectivity index (χ2v) is 22.2. The molecule has 1 aromatic heterocycles. The molecule has 4 heterocycles. The van der Waals surface area contributed by atoms with Crippen LogP contribution in [0, 0.1) is 0 Å². The molecular formula is C52H57ClN6O10S2. The van der Waals surface area contributed by atoms with E-state index in [1.165, 1.54) is 11.9 Å². The van der Waals surface area contributed by atoms with Crippen molar-refractivity contribution in [2.24, 2.45) is 0 Å². The molecule has 4 amide bonds. The Bertz CT molecular complexity index is 2930. The molecule has 2 unspecified atom stereocenters. The number of carbonyl (C=O) groups is 6. The highest BCUT2D eigenvalue weighted by atomic mass is 35.5. The number of amides is 4. The molecule has 0 saturated carbocycles. The number of urea groups is 1. The number of carboxylic acids is 2. The minimum Gasteiger partial charge on any atom is -0.479 e. The van der Waals surface area contributed by atoms with Crippen LogP contribution in [-0.2, 0) is 31.1 Å². The quantitative estimate of drug-likeness (QED) is 0.0554. The van der Waals surface area contributed by atoms with Crippen LogP contribution in [0.25, 0.3) is 21.2 Å². The normalized spacial score (nSPS) is 17.7. The minimum absolute atomic E-state index is 0.0230. The standard InChI is InChI=1S/C52H57ClN6O10S2/c1-51(2)25-35(55-34-12-7-10-32(24-34)46-44(53)45(69-28-42(62)63)47(70-46)49(65)66)26-52(3,4)59(51)71(68)29-30-9-6-11-33(23-30)56-50(67)57-21-19-31(20-22-57)37-16-17-40-43-38(37)13-8-14-39(43)48(64)58(40)36(27-60)15-18-41(61)54-5/h6-14,16-17,23-24,27,31,35-36,55H,15,18-22,25-26,28-29H2,1-5H3,(H,54,61)(H,56,67)(H,62,63)(H,65,66). The molecular weight excluding hydrogens is 968 g/mol. The molecule has 0 aliphatic carbocycles. The van der Waals surface area contributed by atoms with Crippen LogP contribution in [-0.4, -0.2) is 110 Å². The number of nitrogens with zero attached hydrogens (tertiary/aromatic N) is 3. The zero-order chi connectivity index (χ0) is 50.9. The molecule has 2 atom stereocenters. The van der Waals surface area contributed by atoms with E-state index in [0.717, 1.165) is 45.2 Å². The summed E-state index contributed by atoms with van der Waals surface area (Å²) in [5.74, 6) is -2.79. The number of likely N-dealkylation sites (tertiary alicyclic amines) is 1. The predicted molar refractivity (Wildman–Crippen MR) is 276 cm³/mol. The molecule has 3 aliphatic rings. The Kier molecular flexibility index (Phi) is 14.9. The van der Waals surface area contributed by atoms with Crippen LogP contribution in [0.15, 0.2) is 78.9 Å². The van der Waals surface area contributed by atoms with Gasteiger partial charge in [-0.3, -0.25) is 14.5 Å². The van der Waals surface area contributed by atoms with E-state index in [0.29, 0.717) is 66.2 Å². The van der Waals surface area contributed by atoms with E-state index in [-0.39, 0.29) is 64.0 Å². The van der Waals surface area contributed by atoms with Gasteiger partial charge in [0.25, 0.3) is 5.91 Å². The number of aliphatic carboxylic acids is 1. The molecule has 5 N–H and O–H groups in total. The number of hydrogen-bond donors (Lipinski definition) is 5. The molecule has 2 saturated heterocycles. The maximum absolute atomic E-state index is 14.4. The average molecular weight is 1030 g/mol. The Hall–Kier alpha value is -6.34. The lowest BCUT2D eigenvalue weighted by Gasteiger charge is -2.54. The fourth-order valence-corrected chi connectivity index (χ4v) is 14.1. The maximum atomic E-state index is 14.4. The van der Waals surface area contributed by atoms with Crippen LogP contribution in [0.1, 0.15) is 103 Å². The summed E-state index contributed by atoms with van der Waals surface area (Å²) in [7, 11) is 0.0939. The number of aromatic carboxylic acids is 1. The van der Waals surface area contributed by atoms with Crippen LogP contribution in [0.4, 0.5) is 21.9 Å². The van der Waals surface area contributed by atoms with E-state index >= 15 is 0 Å². The van der Waals surface area contributed by atoms with Crippen molar-refractivity contribution < 1.29 is 47.9 Å². The molecule has 71 heavy (non-hydrogen) atoms. The Morgan fingerprint density at radius 2 is 1.63 bits per heavy atom. The van der Waals surface area contributed by atoms with Crippen LogP contribution in [0.5, 0.6) is 5.75 Å². The smallest absolute Gasteiger partial charge is 0.349 e. The van der Waals surface area contributed by atoms with E-state index in [4.69, 9.17) is 21.4 Å². The molecule has 3 aliphatic heterocycles. The number of carboxylic acid groups (broad SMARTS) is 2. The minimum atomic E-state index is -1.44. The molecule has 5 aromatic rings. The number of aldehydes is 1. The number of piperidine rings is 2. The Labute approximate surface area is 423 Å². The van der Waals surface area contributed by atoms with Crippen molar-refractivity contribution in [3.63, 3.8) is 0 Å². The first-order chi connectivity index (χ1) is 33.8. The lowest BCUT2D eigenvalue weighted by Crippen LogP contribution is -2.63. The van der Waals surface area contributed by atoms with Crippen LogP contribution < -0.4 is 25.6 Å². The van der Waals surface area contributed by atoms with Crippen LogP contribution >= 0.6 is 22.9 Å². The van der Waals surface area contributed by atoms with E-state index in [1.54, 1.807) is 17.0 Å². The second-order valence-electron chi connectivity index (χ2n) is 19.5. The van der Waals surface area contributed by atoms with E-state index in [1.807, 2.05) is 66.7 Å². The van der Waals surface area contributed by atoms with Gasteiger partial charge in [-0.1, -0.05) is 54.1 Å². The van der Waals surface area contributed by atoms with Crippen molar-refractivity contribution in [1.29, 1.82) is 0 Å². The number of carbonyl (C=O) groups excluding carboxylic acids is 4. The number of anilines is 3. The highest BCUT2D eigenvalue weighted by Gasteiger charge is 2.48. The van der Waals surface area contributed by atoms with Gasteiger partial charge in [-0.05, 0) is 124 Å². The zero-order valence-electron chi connectivity index (χ0n) is 40.1. The van der Waals surface area contributed by atoms with Gasteiger partial charge >= 0.3 is 18.0 Å². The number of halogens is 1. The summed E-state index contributed by atoms with van der Waals surface area (Å²) in [6.07, 6.45) is 3.79. The molecule has 4 aromatic carbocycles. The highest BCUT2D eigenvalue weighted by Crippen LogP contribution is 2.47. The Morgan fingerprint density at radius 1 is 0.944 bits per heavy atom. The summed E-state index contributed by atoms with van der Waals surface area (Å²) in [5.41, 5.74) is 4.10. The number of nitrogens with one attached hydrogen (secondary N) is 3. The third kappa shape index (κ3) is 10.7. The predicted octanol–water partition coefficient (Wildman–Crippen LogP) is 9.15. The number of rotatable bonds is 17. The molecule has 0 spiro atoms. The molecule has 0 radical (unpaired) electrons. The number of ether oxygens (including phenoxy) is 1. The van der Waals surface area contributed by atoms with Gasteiger partial charge in [0.2, 0.25) is 5.91 Å². The van der Waals surface area contributed by atoms with Crippen molar-refractivity contribution in [1.82, 2.24) is 14.5 Å². The first-order valence-electron chi connectivity index (χ1n) is 23.5. The number of thiophene rings is 1. The first-order valence-corrected chi connectivity index (χ1v) is 25.9. The van der Waals surface area contributed by atoms with Gasteiger partial charge in [-0.15, -0.1) is 11.3 Å². The van der Waals surface area contributed by atoms with Gasteiger partial charge in [0.1, 0.15) is 11.3 Å².